The summed E-state index contributed by atoms with van der Waals surface area (Å²) in [6.07, 6.45) is 2.75. The highest BCUT2D eigenvalue weighted by molar-refractivity contribution is 8.00. The van der Waals surface area contributed by atoms with Gasteiger partial charge in [0.2, 0.25) is 15.9 Å². The van der Waals surface area contributed by atoms with Gasteiger partial charge in [-0.1, -0.05) is 6.42 Å². The molecule has 0 bridgehead atoms. The maximum atomic E-state index is 13.8. The van der Waals surface area contributed by atoms with Crippen molar-refractivity contribution in [1.29, 1.82) is 0 Å². The van der Waals surface area contributed by atoms with Crippen LogP contribution in [0.15, 0.2) is 52.3 Å². The predicted octanol–water partition coefficient (Wildman–Crippen LogP) is 4.26. The van der Waals surface area contributed by atoms with E-state index >= 15 is 0 Å². The minimum Gasteiger partial charge on any atom is -0.325 e. The first-order valence-corrected chi connectivity index (χ1v) is 11.6. The molecule has 29 heavy (non-hydrogen) atoms. The highest BCUT2D eigenvalue weighted by Crippen LogP contribution is 2.28. The Bertz CT molecular complexity index is 976. The normalized spacial score (nSPS) is 16.4. The van der Waals surface area contributed by atoms with Gasteiger partial charge in [0.1, 0.15) is 11.6 Å². The second-order valence-electron chi connectivity index (χ2n) is 6.81. The molecule has 3 rings (SSSR count). The van der Waals surface area contributed by atoms with Crippen molar-refractivity contribution in [2.45, 2.75) is 41.2 Å². The number of hydrogen-bond donors (Lipinski definition) is 1. The molecule has 1 unspecified atom stereocenters. The van der Waals surface area contributed by atoms with Crippen LogP contribution in [0.3, 0.4) is 0 Å². The van der Waals surface area contributed by atoms with Gasteiger partial charge in [-0.2, -0.15) is 4.31 Å². The second kappa shape index (κ2) is 9.23. The van der Waals surface area contributed by atoms with Gasteiger partial charge in [-0.25, -0.2) is 17.2 Å². The molecule has 0 saturated carbocycles. The minimum absolute atomic E-state index is 0.178. The van der Waals surface area contributed by atoms with Crippen molar-refractivity contribution >= 4 is 33.4 Å². The molecule has 1 N–H and O–H groups in total. The Labute approximate surface area is 173 Å². The van der Waals surface area contributed by atoms with Gasteiger partial charge in [-0.05, 0) is 56.2 Å². The van der Waals surface area contributed by atoms with E-state index in [9.17, 15) is 22.0 Å². The summed E-state index contributed by atoms with van der Waals surface area (Å²) in [6.45, 7) is 2.66. The molecular formula is C20H22F2N2O3S2. The average Bonchev–Trinajstić information content (AvgIpc) is 2.71. The van der Waals surface area contributed by atoms with Crippen molar-refractivity contribution in [3.63, 3.8) is 0 Å². The molecule has 1 fully saturated rings. The third kappa shape index (κ3) is 5.34. The number of carbonyl (C=O) groups excluding carboxylic acids is 1. The van der Waals surface area contributed by atoms with Crippen LogP contribution in [0.1, 0.15) is 26.2 Å². The van der Waals surface area contributed by atoms with Crippen LogP contribution in [-0.2, 0) is 14.8 Å². The third-order valence-corrected chi connectivity index (χ3v) is 7.71. The van der Waals surface area contributed by atoms with Crippen LogP contribution >= 0.6 is 11.8 Å². The van der Waals surface area contributed by atoms with E-state index in [0.717, 1.165) is 43.2 Å². The first kappa shape index (κ1) is 21.7. The fourth-order valence-corrected chi connectivity index (χ4v) is 5.41. The summed E-state index contributed by atoms with van der Waals surface area (Å²) in [5.41, 5.74) is 0.444. The van der Waals surface area contributed by atoms with Crippen LogP contribution in [-0.4, -0.2) is 37.0 Å². The standard InChI is InChI=1S/C20H22F2N2O3S2/c1-14(28-19-10-5-15(21)13-18(19)22)20(25)23-16-6-8-17(9-7-16)29(26,27)24-11-3-2-4-12-24/h5-10,13-14H,2-4,11-12H2,1H3,(H,23,25). The van der Waals surface area contributed by atoms with E-state index in [1.165, 1.54) is 34.6 Å². The SMILES string of the molecule is CC(Sc1ccc(F)cc1F)C(=O)Nc1ccc(S(=O)(=O)N2CCCCC2)cc1. The fourth-order valence-electron chi connectivity index (χ4n) is 3.02. The number of benzene rings is 2. The number of amides is 1. The Morgan fingerprint density at radius 3 is 2.34 bits per heavy atom. The fraction of sp³-hybridized carbons (Fsp3) is 0.350. The van der Waals surface area contributed by atoms with Crippen molar-refractivity contribution in [3.8, 4) is 0 Å². The molecule has 9 heteroatoms. The molecule has 156 valence electrons. The van der Waals surface area contributed by atoms with E-state index in [2.05, 4.69) is 5.32 Å². The van der Waals surface area contributed by atoms with Gasteiger partial charge in [0.15, 0.2) is 0 Å². The number of sulfonamides is 1. The Balaban J connectivity index is 1.63. The number of nitrogens with one attached hydrogen (secondary N) is 1. The number of halogens is 2. The lowest BCUT2D eigenvalue weighted by atomic mass is 10.2. The largest absolute Gasteiger partial charge is 0.325 e. The highest BCUT2D eigenvalue weighted by atomic mass is 32.2. The molecule has 1 amide bonds. The van der Waals surface area contributed by atoms with E-state index < -0.39 is 26.9 Å². The lowest BCUT2D eigenvalue weighted by Crippen LogP contribution is -2.35. The molecule has 1 aliphatic rings. The van der Waals surface area contributed by atoms with Crippen molar-refractivity contribution < 1.29 is 22.0 Å². The van der Waals surface area contributed by atoms with Gasteiger partial charge in [-0.15, -0.1) is 11.8 Å². The minimum atomic E-state index is -3.53. The number of carbonyl (C=O) groups is 1. The van der Waals surface area contributed by atoms with Crippen molar-refractivity contribution in [2.75, 3.05) is 18.4 Å². The third-order valence-electron chi connectivity index (χ3n) is 4.64. The molecule has 1 atom stereocenters. The van der Waals surface area contributed by atoms with Crippen molar-refractivity contribution in [3.05, 3.63) is 54.1 Å². The molecule has 5 nitrogen and oxygen atoms in total. The Hall–Kier alpha value is -1.97. The van der Waals surface area contributed by atoms with Crippen LogP contribution in [0.25, 0.3) is 0 Å². The maximum absolute atomic E-state index is 13.8. The molecule has 1 heterocycles. The smallest absolute Gasteiger partial charge is 0.243 e. The van der Waals surface area contributed by atoms with Gasteiger partial charge in [0, 0.05) is 29.7 Å². The Kier molecular flexibility index (Phi) is 6.92. The number of nitrogens with zero attached hydrogens (tertiary/aromatic N) is 1. The first-order valence-electron chi connectivity index (χ1n) is 9.30. The van der Waals surface area contributed by atoms with Crippen molar-refractivity contribution in [1.82, 2.24) is 4.31 Å². The monoisotopic (exact) mass is 440 g/mol. The number of rotatable bonds is 6. The Morgan fingerprint density at radius 2 is 1.72 bits per heavy atom. The Morgan fingerprint density at radius 1 is 1.07 bits per heavy atom. The van der Waals surface area contributed by atoms with Crippen LogP contribution in [0, 0.1) is 11.6 Å². The molecule has 2 aromatic rings. The molecule has 0 radical (unpaired) electrons. The second-order valence-corrected chi connectivity index (χ2v) is 10.1. The molecule has 0 spiro atoms. The zero-order chi connectivity index (χ0) is 21.0. The molecular weight excluding hydrogens is 418 g/mol. The van der Waals surface area contributed by atoms with Crippen LogP contribution in [0.5, 0.6) is 0 Å². The predicted molar refractivity (Wildman–Crippen MR) is 109 cm³/mol. The first-order chi connectivity index (χ1) is 13.8. The van der Waals surface area contributed by atoms with Gasteiger partial charge in [0.05, 0.1) is 10.1 Å². The quantitative estimate of drug-likeness (QED) is 0.682. The summed E-state index contributed by atoms with van der Waals surface area (Å²) in [4.78, 5) is 12.7. The van der Waals surface area contributed by atoms with Crippen LogP contribution in [0.2, 0.25) is 0 Å². The summed E-state index contributed by atoms with van der Waals surface area (Å²) in [6, 6.07) is 9.20. The van der Waals surface area contributed by atoms with E-state index in [1.54, 1.807) is 6.92 Å². The zero-order valence-corrected chi connectivity index (χ0v) is 17.5. The lowest BCUT2D eigenvalue weighted by Gasteiger charge is -2.25. The van der Waals surface area contributed by atoms with Gasteiger partial charge in [-0.3, -0.25) is 4.79 Å². The van der Waals surface area contributed by atoms with Gasteiger partial charge in [0.25, 0.3) is 0 Å². The summed E-state index contributed by atoms with van der Waals surface area (Å²) in [5, 5.41) is 2.05. The summed E-state index contributed by atoms with van der Waals surface area (Å²) in [7, 11) is -3.53. The van der Waals surface area contributed by atoms with E-state index in [1.807, 2.05) is 0 Å². The molecule has 1 saturated heterocycles. The van der Waals surface area contributed by atoms with Crippen LogP contribution < -0.4 is 5.32 Å². The number of anilines is 1. The van der Waals surface area contributed by atoms with Gasteiger partial charge < -0.3 is 5.32 Å². The molecule has 0 aliphatic carbocycles. The van der Waals surface area contributed by atoms with E-state index in [-0.39, 0.29) is 15.7 Å². The highest BCUT2D eigenvalue weighted by Gasteiger charge is 2.26. The number of thioether (sulfide) groups is 1. The lowest BCUT2D eigenvalue weighted by molar-refractivity contribution is -0.115. The zero-order valence-electron chi connectivity index (χ0n) is 15.9. The summed E-state index contributed by atoms with van der Waals surface area (Å²) in [5.74, 6) is -1.77. The maximum Gasteiger partial charge on any atom is 0.243 e. The van der Waals surface area contributed by atoms with Crippen LogP contribution in [0.4, 0.5) is 14.5 Å². The van der Waals surface area contributed by atoms with Gasteiger partial charge >= 0.3 is 0 Å². The number of hydrogen-bond acceptors (Lipinski definition) is 4. The topological polar surface area (TPSA) is 66.5 Å². The molecule has 1 aliphatic heterocycles. The average molecular weight is 441 g/mol. The molecule has 0 aromatic heterocycles. The van der Waals surface area contributed by atoms with E-state index in [0.29, 0.717) is 18.8 Å². The summed E-state index contributed by atoms with van der Waals surface area (Å²) >= 11 is 0.976. The summed E-state index contributed by atoms with van der Waals surface area (Å²) < 4.78 is 53.6. The van der Waals surface area contributed by atoms with E-state index in [4.69, 9.17) is 0 Å². The molecule has 2 aromatic carbocycles. The number of piperidine rings is 1. The van der Waals surface area contributed by atoms with Crippen molar-refractivity contribution in [2.24, 2.45) is 0 Å².